The second-order valence-electron chi connectivity index (χ2n) is 12.7. The van der Waals surface area contributed by atoms with Gasteiger partial charge >= 0.3 is 6.09 Å². The molecule has 2 amide bonds. The van der Waals surface area contributed by atoms with E-state index >= 15 is 0 Å². The van der Waals surface area contributed by atoms with Crippen molar-refractivity contribution in [2.75, 3.05) is 31.1 Å². The molecule has 2 fully saturated rings. The molecule has 9 heteroatoms. The fraction of sp³-hybridized carbons (Fsp3) is 0.471. The number of hydrogen-bond acceptors (Lipinski definition) is 7. The van der Waals surface area contributed by atoms with E-state index in [0.29, 0.717) is 0 Å². The van der Waals surface area contributed by atoms with E-state index in [4.69, 9.17) is 9.72 Å². The number of piperidine rings is 2. The Balaban J connectivity index is 1.06. The van der Waals surface area contributed by atoms with Crippen LogP contribution in [0.3, 0.4) is 0 Å². The molecule has 2 aliphatic rings. The fourth-order valence-corrected chi connectivity index (χ4v) is 5.90. The van der Waals surface area contributed by atoms with E-state index in [9.17, 15) is 9.59 Å². The molecule has 0 spiro atoms. The molecule has 228 valence electrons. The number of aromatic nitrogens is 2. The number of carbonyl (C=O) groups excluding carboxylic acids is 2. The number of nitrogens with one attached hydrogen (secondary N) is 2. The normalized spacial score (nSPS) is 17.0. The molecule has 43 heavy (non-hydrogen) atoms. The highest BCUT2D eigenvalue weighted by Gasteiger charge is 2.25. The lowest BCUT2D eigenvalue weighted by molar-refractivity contribution is 0.0497. The third-order valence-corrected chi connectivity index (χ3v) is 8.23. The Morgan fingerprint density at radius 1 is 0.907 bits per heavy atom. The number of anilines is 1. The minimum absolute atomic E-state index is 0.00821. The lowest BCUT2D eigenvalue weighted by Gasteiger charge is -2.34. The predicted octanol–water partition coefficient (Wildman–Crippen LogP) is 5.34. The lowest BCUT2D eigenvalue weighted by Crippen LogP contribution is -2.46. The third-order valence-electron chi connectivity index (χ3n) is 8.23. The van der Waals surface area contributed by atoms with Gasteiger partial charge in [0.15, 0.2) is 0 Å². The Bertz CT molecular complexity index is 1370. The van der Waals surface area contributed by atoms with Crippen molar-refractivity contribution in [1.82, 2.24) is 25.5 Å². The van der Waals surface area contributed by atoms with Crippen LogP contribution in [-0.4, -0.2) is 70.7 Å². The van der Waals surface area contributed by atoms with Crippen LogP contribution in [0.4, 0.5) is 10.6 Å². The maximum Gasteiger partial charge on any atom is 0.407 e. The first-order chi connectivity index (χ1) is 20.6. The molecule has 0 unspecified atom stereocenters. The Kier molecular flexibility index (Phi) is 9.60. The fourth-order valence-electron chi connectivity index (χ4n) is 5.90. The average molecular weight is 585 g/mol. The monoisotopic (exact) mass is 584 g/mol. The summed E-state index contributed by atoms with van der Waals surface area (Å²) in [4.78, 5) is 39.0. The molecule has 0 saturated carbocycles. The highest BCUT2D eigenvalue weighted by molar-refractivity contribution is 5.97. The zero-order chi connectivity index (χ0) is 30.4. The lowest BCUT2D eigenvalue weighted by atomic mass is 9.96. The van der Waals surface area contributed by atoms with Gasteiger partial charge in [-0.1, -0.05) is 24.3 Å². The van der Waals surface area contributed by atoms with E-state index in [-0.39, 0.29) is 24.1 Å². The summed E-state index contributed by atoms with van der Waals surface area (Å²) in [5, 5.41) is 6.27. The first-order valence-electron chi connectivity index (χ1n) is 15.4. The Labute approximate surface area is 255 Å². The van der Waals surface area contributed by atoms with Crippen LogP contribution in [0, 0.1) is 6.92 Å². The van der Waals surface area contributed by atoms with E-state index in [1.54, 1.807) is 6.20 Å². The average Bonchev–Trinajstić information content (AvgIpc) is 2.98. The number of nitrogens with zero attached hydrogens (tertiary/aromatic N) is 4. The summed E-state index contributed by atoms with van der Waals surface area (Å²) >= 11 is 0. The molecule has 9 nitrogen and oxygen atoms in total. The highest BCUT2D eigenvalue weighted by atomic mass is 16.6. The topological polar surface area (TPSA) is 99.7 Å². The van der Waals surface area contributed by atoms with Crippen LogP contribution in [-0.2, 0) is 11.3 Å². The van der Waals surface area contributed by atoms with Gasteiger partial charge in [0.2, 0.25) is 0 Å². The van der Waals surface area contributed by atoms with Gasteiger partial charge in [0.05, 0.1) is 0 Å². The van der Waals surface area contributed by atoms with Gasteiger partial charge in [0.25, 0.3) is 5.91 Å². The van der Waals surface area contributed by atoms with E-state index in [2.05, 4.69) is 37.6 Å². The summed E-state index contributed by atoms with van der Waals surface area (Å²) in [5.74, 6) is 0.968. The molecule has 3 aromatic rings. The van der Waals surface area contributed by atoms with Gasteiger partial charge in [-0.15, -0.1) is 0 Å². The molecule has 1 aromatic carbocycles. The van der Waals surface area contributed by atoms with Crippen LogP contribution in [0.2, 0.25) is 0 Å². The van der Waals surface area contributed by atoms with Crippen molar-refractivity contribution in [3.63, 3.8) is 0 Å². The third kappa shape index (κ3) is 8.32. The molecular weight excluding hydrogens is 540 g/mol. The number of amides is 2. The van der Waals surface area contributed by atoms with Crippen LogP contribution >= 0.6 is 0 Å². The van der Waals surface area contributed by atoms with Gasteiger partial charge in [-0.3, -0.25) is 14.7 Å². The molecule has 2 aromatic heterocycles. The molecular formula is C34H44N6O3. The van der Waals surface area contributed by atoms with E-state index < -0.39 is 5.60 Å². The number of carbonyl (C=O) groups is 2. The van der Waals surface area contributed by atoms with E-state index in [0.717, 1.165) is 86.5 Å². The van der Waals surface area contributed by atoms with Crippen LogP contribution in [0.15, 0.2) is 61.1 Å². The van der Waals surface area contributed by atoms with Crippen molar-refractivity contribution >= 4 is 17.8 Å². The van der Waals surface area contributed by atoms with Crippen LogP contribution in [0.5, 0.6) is 0 Å². The van der Waals surface area contributed by atoms with E-state index in [1.807, 2.05) is 70.4 Å². The first kappa shape index (κ1) is 30.5. The maximum atomic E-state index is 13.2. The van der Waals surface area contributed by atoms with Gasteiger partial charge in [0.1, 0.15) is 11.4 Å². The van der Waals surface area contributed by atoms with Gasteiger partial charge < -0.3 is 20.3 Å². The summed E-state index contributed by atoms with van der Waals surface area (Å²) in [5.41, 5.74) is 4.45. The first-order valence-corrected chi connectivity index (χ1v) is 15.4. The van der Waals surface area contributed by atoms with Gasteiger partial charge in [-0.05, 0) is 88.3 Å². The number of likely N-dealkylation sites (tertiary alicyclic amines) is 1. The second kappa shape index (κ2) is 13.5. The van der Waals surface area contributed by atoms with Gasteiger partial charge in [-0.2, -0.15) is 0 Å². The van der Waals surface area contributed by atoms with Crippen molar-refractivity contribution < 1.29 is 14.3 Å². The molecule has 0 aliphatic carbocycles. The molecule has 2 aliphatic heterocycles. The summed E-state index contributed by atoms with van der Waals surface area (Å²) in [7, 11) is 0. The maximum absolute atomic E-state index is 13.2. The number of alkyl carbamates (subject to hydrolysis) is 1. The van der Waals surface area contributed by atoms with Crippen LogP contribution < -0.4 is 15.5 Å². The standard InChI is InChI=1S/C34H44N6O3/c1-24-29(26-7-6-16-35-22-26)8-5-9-30(24)32(41)37-27-12-17-39(18-13-27)23-25-10-11-31(36-21-25)40-19-14-28(15-20-40)38-33(42)43-34(2,3)4/h5-11,16,21-22,27-28H,12-15,17-20,23H2,1-4H3,(H,37,41)(H,38,42). The number of rotatable bonds is 7. The van der Waals surface area contributed by atoms with Gasteiger partial charge in [-0.25, -0.2) is 9.78 Å². The van der Waals surface area contributed by atoms with E-state index in [1.165, 1.54) is 5.56 Å². The van der Waals surface area contributed by atoms with Gasteiger partial charge in [0, 0.05) is 74.5 Å². The number of pyridine rings is 2. The molecule has 2 saturated heterocycles. The number of benzene rings is 1. The molecule has 4 heterocycles. The largest absolute Gasteiger partial charge is 0.444 e. The molecule has 0 radical (unpaired) electrons. The van der Waals surface area contributed by atoms with Crippen molar-refractivity contribution in [3.05, 3.63) is 77.7 Å². The van der Waals surface area contributed by atoms with Crippen molar-refractivity contribution in [1.29, 1.82) is 0 Å². The predicted molar refractivity (Wildman–Crippen MR) is 169 cm³/mol. The summed E-state index contributed by atoms with van der Waals surface area (Å²) < 4.78 is 5.39. The van der Waals surface area contributed by atoms with Crippen molar-refractivity contribution in [2.45, 2.75) is 77.6 Å². The zero-order valence-electron chi connectivity index (χ0n) is 25.8. The zero-order valence-corrected chi connectivity index (χ0v) is 25.8. The molecule has 0 atom stereocenters. The molecule has 5 rings (SSSR count). The summed E-state index contributed by atoms with van der Waals surface area (Å²) in [6.07, 6.45) is 8.80. The highest BCUT2D eigenvalue weighted by Crippen LogP contribution is 2.26. The minimum atomic E-state index is -0.490. The quantitative estimate of drug-likeness (QED) is 0.387. The second-order valence-corrected chi connectivity index (χ2v) is 12.7. The number of ether oxygens (including phenoxy) is 1. The number of hydrogen-bond donors (Lipinski definition) is 2. The van der Waals surface area contributed by atoms with Crippen molar-refractivity contribution in [3.8, 4) is 11.1 Å². The smallest absolute Gasteiger partial charge is 0.407 e. The summed E-state index contributed by atoms with van der Waals surface area (Å²) in [6, 6.07) is 14.4. The Morgan fingerprint density at radius 2 is 1.63 bits per heavy atom. The Hall–Kier alpha value is -3.98. The summed E-state index contributed by atoms with van der Waals surface area (Å²) in [6.45, 7) is 12.0. The SMILES string of the molecule is Cc1c(C(=O)NC2CCN(Cc3ccc(N4CCC(NC(=O)OC(C)(C)C)CC4)nc3)CC2)cccc1-c1cccnc1. The molecule has 2 N–H and O–H groups in total. The molecule has 0 bridgehead atoms. The van der Waals surface area contributed by atoms with Crippen LogP contribution in [0.25, 0.3) is 11.1 Å². The Morgan fingerprint density at radius 3 is 2.28 bits per heavy atom. The van der Waals surface area contributed by atoms with Crippen molar-refractivity contribution in [2.24, 2.45) is 0 Å². The van der Waals surface area contributed by atoms with Crippen LogP contribution in [0.1, 0.15) is 67.9 Å². The minimum Gasteiger partial charge on any atom is -0.444 e.